The summed E-state index contributed by atoms with van der Waals surface area (Å²) in [5.41, 5.74) is 0. The van der Waals surface area contributed by atoms with Crippen molar-refractivity contribution in [1.29, 1.82) is 0 Å². The number of unbranched alkanes of at least 4 members (excludes halogenated alkanes) is 17. The van der Waals surface area contributed by atoms with Crippen LogP contribution in [0.15, 0.2) is 24.3 Å². The molecule has 0 rings (SSSR count). The van der Waals surface area contributed by atoms with E-state index in [1.54, 1.807) is 0 Å². The molecule has 0 radical (unpaired) electrons. The van der Waals surface area contributed by atoms with Crippen LogP contribution in [0.1, 0.15) is 168 Å². The van der Waals surface area contributed by atoms with Crippen LogP contribution < -0.4 is 0 Å². The van der Waals surface area contributed by atoms with Gasteiger partial charge in [-0.05, 0) is 65.5 Å². The molecule has 0 amide bonds. The first-order valence-electron chi connectivity index (χ1n) is 18.4. The maximum absolute atomic E-state index is 12.3. The lowest BCUT2D eigenvalue weighted by molar-refractivity contribution is -0.144. The zero-order valence-corrected chi connectivity index (χ0v) is 29.5. The average Bonchev–Trinajstić information content (AvgIpc) is 2.99. The van der Waals surface area contributed by atoms with Crippen LogP contribution in [-0.2, 0) is 19.0 Å². The quantitative estimate of drug-likeness (QED) is 0.0423. The van der Waals surface area contributed by atoms with Crippen LogP contribution in [0.3, 0.4) is 0 Å². The normalized spacial score (nSPS) is 12.4. The van der Waals surface area contributed by atoms with E-state index in [0.29, 0.717) is 26.0 Å². The largest absolute Gasteiger partial charge is 0.508 e. The fourth-order valence-electron chi connectivity index (χ4n) is 5.06. The number of ether oxygens (including phenoxy) is 3. The summed E-state index contributed by atoms with van der Waals surface area (Å²) in [4.78, 5) is 26.4. The van der Waals surface area contributed by atoms with Gasteiger partial charge in [0.25, 0.3) is 0 Å². The Balaban J connectivity index is 4.03. The van der Waals surface area contributed by atoms with Gasteiger partial charge in [-0.2, -0.15) is 0 Å². The number of likely N-dealkylation sites (N-methyl/N-ethyl adjacent to an activating group) is 1. The molecule has 0 aliphatic heterocycles. The number of allylic oxidation sites excluding steroid dienone is 4. The molecule has 44 heavy (non-hydrogen) atoms. The van der Waals surface area contributed by atoms with Gasteiger partial charge < -0.3 is 19.1 Å². The number of carbonyl (C=O) groups excluding carboxylic acids is 2. The van der Waals surface area contributed by atoms with Crippen molar-refractivity contribution in [2.75, 3.05) is 33.9 Å². The fourth-order valence-corrected chi connectivity index (χ4v) is 5.06. The van der Waals surface area contributed by atoms with E-state index in [-0.39, 0.29) is 18.7 Å². The van der Waals surface area contributed by atoms with E-state index in [1.807, 2.05) is 19.0 Å². The van der Waals surface area contributed by atoms with Gasteiger partial charge in [0.05, 0.1) is 6.61 Å². The first-order valence-corrected chi connectivity index (χ1v) is 18.4. The lowest BCUT2D eigenvalue weighted by atomic mass is 10.0. The Morgan fingerprint density at radius 3 is 1.73 bits per heavy atom. The molecule has 0 aromatic carbocycles. The highest BCUT2D eigenvalue weighted by atomic mass is 16.7. The van der Waals surface area contributed by atoms with Crippen LogP contribution in [0.5, 0.6) is 0 Å². The second kappa shape index (κ2) is 34.1. The molecule has 0 N–H and O–H groups in total. The summed E-state index contributed by atoms with van der Waals surface area (Å²) in [6, 6.07) is 0. The zero-order valence-electron chi connectivity index (χ0n) is 29.5. The van der Waals surface area contributed by atoms with Gasteiger partial charge in [-0.1, -0.05) is 128 Å². The molecule has 0 aromatic rings. The van der Waals surface area contributed by atoms with Gasteiger partial charge in [0.2, 0.25) is 0 Å². The van der Waals surface area contributed by atoms with Crippen molar-refractivity contribution in [3.8, 4) is 0 Å². The molecule has 0 aliphatic rings. The molecule has 258 valence electrons. The Bertz CT molecular complexity index is 691. The molecular weight excluding hydrogens is 550 g/mol. The van der Waals surface area contributed by atoms with E-state index >= 15 is 0 Å². The highest BCUT2D eigenvalue weighted by Crippen LogP contribution is 2.16. The van der Waals surface area contributed by atoms with Crippen molar-refractivity contribution in [2.45, 2.75) is 174 Å². The van der Waals surface area contributed by atoms with Gasteiger partial charge in [0, 0.05) is 19.4 Å². The number of nitrogens with zero attached hydrogens (tertiary/aromatic N) is 1. The van der Waals surface area contributed by atoms with E-state index in [2.05, 4.69) is 38.2 Å². The molecule has 6 heteroatoms. The van der Waals surface area contributed by atoms with Crippen LogP contribution in [0.4, 0.5) is 4.79 Å². The van der Waals surface area contributed by atoms with E-state index in [9.17, 15) is 9.59 Å². The molecule has 0 saturated carbocycles. The van der Waals surface area contributed by atoms with E-state index in [1.165, 1.54) is 89.9 Å². The Kier molecular flexibility index (Phi) is 32.7. The average molecular weight is 622 g/mol. The standard InChI is InChI=1S/C38H71NO5/c1-5-7-9-11-13-15-17-18-19-20-21-23-25-27-29-31-37(40)42-34-32-36(44-38(41)43-35-33-39(3)4)30-28-26-24-22-16-14-12-10-8-6-2/h13,15,18-19,36H,5-12,14,16-17,20-35H2,1-4H3. The van der Waals surface area contributed by atoms with Crippen molar-refractivity contribution >= 4 is 12.1 Å². The van der Waals surface area contributed by atoms with Crippen molar-refractivity contribution in [3.05, 3.63) is 24.3 Å². The summed E-state index contributed by atoms with van der Waals surface area (Å²) in [5, 5.41) is 0. The Labute approximate surface area is 272 Å². The van der Waals surface area contributed by atoms with Crippen molar-refractivity contribution in [3.63, 3.8) is 0 Å². The maximum Gasteiger partial charge on any atom is 0.508 e. The van der Waals surface area contributed by atoms with Crippen molar-refractivity contribution in [1.82, 2.24) is 4.90 Å². The predicted octanol–water partition coefficient (Wildman–Crippen LogP) is 11.1. The second-order valence-electron chi connectivity index (χ2n) is 12.6. The molecule has 0 spiro atoms. The van der Waals surface area contributed by atoms with Crippen LogP contribution >= 0.6 is 0 Å². The SMILES string of the molecule is CCCCCC=CCC=CCCCCCCCC(=O)OCCC(CCCCCCCCCCCC)OC(=O)OCCN(C)C. The molecule has 1 unspecified atom stereocenters. The molecular formula is C38H71NO5. The third kappa shape index (κ3) is 33.1. The van der Waals surface area contributed by atoms with Gasteiger partial charge in [-0.25, -0.2) is 4.79 Å². The first-order chi connectivity index (χ1) is 21.5. The van der Waals surface area contributed by atoms with Crippen LogP contribution in [0.25, 0.3) is 0 Å². The van der Waals surface area contributed by atoms with Crippen molar-refractivity contribution in [2.24, 2.45) is 0 Å². The second-order valence-corrected chi connectivity index (χ2v) is 12.6. The highest BCUT2D eigenvalue weighted by molar-refractivity contribution is 5.69. The first kappa shape index (κ1) is 42.2. The molecule has 0 aromatic heterocycles. The Morgan fingerprint density at radius 1 is 0.591 bits per heavy atom. The van der Waals surface area contributed by atoms with Gasteiger partial charge >= 0.3 is 12.1 Å². The Hall–Kier alpha value is -1.82. The Morgan fingerprint density at radius 2 is 1.11 bits per heavy atom. The van der Waals surface area contributed by atoms with Crippen molar-refractivity contribution < 1.29 is 23.8 Å². The number of carbonyl (C=O) groups is 2. The van der Waals surface area contributed by atoms with Crippen LogP contribution in [0.2, 0.25) is 0 Å². The summed E-state index contributed by atoms with van der Waals surface area (Å²) in [6.45, 7) is 5.74. The number of hydrogen-bond donors (Lipinski definition) is 0. The molecule has 0 bridgehead atoms. The molecule has 6 nitrogen and oxygen atoms in total. The predicted molar refractivity (Wildman–Crippen MR) is 186 cm³/mol. The maximum atomic E-state index is 12.3. The minimum absolute atomic E-state index is 0.151. The van der Waals surface area contributed by atoms with Crippen LogP contribution in [0, 0.1) is 0 Å². The summed E-state index contributed by atoms with van der Waals surface area (Å²) in [5.74, 6) is -0.151. The summed E-state index contributed by atoms with van der Waals surface area (Å²) in [6.07, 6.45) is 35.5. The van der Waals surface area contributed by atoms with Gasteiger partial charge in [0.15, 0.2) is 0 Å². The molecule has 0 saturated heterocycles. The summed E-state index contributed by atoms with van der Waals surface area (Å²) in [7, 11) is 3.87. The zero-order chi connectivity index (χ0) is 32.4. The lowest BCUT2D eigenvalue weighted by Crippen LogP contribution is -2.25. The van der Waals surface area contributed by atoms with E-state index < -0.39 is 6.16 Å². The fraction of sp³-hybridized carbons (Fsp3) is 0.842. The smallest absolute Gasteiger partial charge is 0.466 e. The van der Waals surface area contributed by atoms with E-state index in [4.69, 9.17) is 14.2 Å². The molecule has 0 aliphatic carbocycles. The summed E-state index contributed by atoms with van der Waals surface area (Å²) < 4.78 is 16.3. The number of hydrogen-bond acceptors (Lipinski definition) is 6. The van der Waals surface area contributed by atoms with Gasteiger partial charge in [0.1, 0.15) is 12.7 Å². The third-order valence-corrected chi connectivity index (χ3v) is 7.94. The third-order valence-electron chi connectivity index (χ3n) is 7.94. The van der Waals surface area contributed by atoms with E-state index in [0.717, 1.165) is 51.4 Å². The number of rotatable bonds is 32. The summed E-state index contributed by atoms with van der Waals surface area (Å²) >= 11 is 0. The van der Waals surface area contributed by atoms with Gasteiger partial charge in [-0.15, -0.1) is 0 Å². The highest BCUT2D eigenvalue weighted by Gasteiger charge is 2.17. The minimum Gasteiger partial charge on any atom is -0.466 e. The topological polar surface area (TPSA) is 65.1 Å². The van der Waals surface area contributed by atoms with Crippen LogP contribution in [-0.4, -0.2) is 57.0 Å². The monoisotopic (exact) mass is 622 g/mol. The number of esters is 1. The lowest BCUT2D eigenvalue weighted by Gasteiger charge is -2.18. The minimum atomic E-state index is -0.625. The molecule has 1 atom stereocenters. The molecule has 0 heterocycles. The molecule has 0 fully saturated rings. The van der Waals surface area contributed by atoms with Gasteiger partial charge in [-0.3, -0.25) is 4.79 Å².